The first-order valence-corrected chi connectivity index (χ1v) is 9.68. The van der Waals surface area contributed by atoms with E-state index < -0.39 is 57.4 Å². The average Bonchev–Trinajstić information content (AvgIpc) is 3.01. The Morgan fingerprint density at radius 1 is 0.633 bits per heavy atom. The van der Waals surface area contributed by atoms with Gasteiger partial charge in [0.05, 0.1) is 22.7 Å². The Labute approximate surface area is 176 Å². The number of carboxylic acids is 4. The zero-order valence-corrected chi connectivity index (χ0v) is 18.5. The smallest absolute Gasteiger partial charge is 0.309 e. The SMILES string of the molecule is C=O.CC1(C)[C@H](C(=O)O)CC[C@]1(C)C(=O)O.CC1(C)[C@H](C(=O)O)CC[C@]1(C)C(=O)O. The monoisotopic (exact) mass is 430 g/mol. The highest BCUT2D eigenvalue weighted by molar-refractivity contribution is 5.80. The van der Waals surface area contributed by atoms with E-state index in [1.54, 1.807) is 41.5 Å². The van der Waals surface area contributed by atoms with E-state index in [0.29, 0.717) is 25.7 Å². The van der Waals surface area contributed by atoms with Gasteiger partial charge in [0.25, 0.3) is 0 Å². The third-order valence-electron chi connectivity index (χ3n) is 7.99. The molecule has 172 valence electrons. The molecule has 2 rings (SSSR count). The van der Waals surface area contributed by atoms with Crippen LogP contribution >= 0.6 is 0 Å². The molecule has 9 nitrogen and oxygen atoms in total. The van der Waals surface area contributed by atoms with Crippen molar-refractivity contribution < 1.29 is 44.4 Å². The maximum Gasteiger partial charge on any atom is 0.309 e. The number of hydrogen-bond donors (Lipinski definition) is 4. The first kappa shape index (κ1) is 27.5. The van der Waals surface area contributed by atoms with E-state index in [-0.39, 0.29) is 0 Å². The molecule has 9 heteroatoms. The van der Waals surface area contributed by atoms with Crippen LogP contribution in [0.2, 0.25) is 0 Å². The van der Waals surface area contributed by atoms with Gasteiger partial charge in [-0.15, -0.1) is 0 Å². The van der Waals surface area contributed by atoms with Crippen LogP contribution in [-0.4, -0.2) is 51.1 Å². The van der Waals surface area contributed by atoms with Crippen molar-refractivity contribution in [1.29, 1.82) is 0 Å². The van der Waals surface area contributed by atoms with Crippen LogP contribution in [0.25, 0.3) is 0 Å². The Bertz CT molecular complexity index is 639. The topological polar surface area (TPSA) is 166 Å². The summed E-state index contributed by atoms with van der Waals surface area (Å²) < 4.78 is 0. The molecule has 0 amide bonds. The Morgan fingerprint density at radius 2 is 0.867 bits per heavy atom. The molecular weight excluding hydrogens is 396 g/mol. The number of aliphatic carboxylic acids is 4. The number of carbonyl (C=O) groups is 5. The fourth-order valence-corrected chi connectivity index (χ4v) is 4.63. The number of rotatable bonds is 4. The van der Waals surface area contributed by atoms with Crippen LogP contribution in [0.3, 0.4) is 0 Å². The summed E-state index contributed by atoms with van der Waals surface area (Å²) in [6.07, 6.45) is 1.77. The second kappa shape index (κ2) is 9.14. The van der Waals surface area contributed by atoms with E-state index in [2.05, 4.69) is 0 Å². The lowest BCUT2D eigenvalue weighted by molar-refractivity contribution is -0.159. The maximum atomic E-state index is 11.1. The fourth-order valence-electron chi connectivity index (χ4n) is 4.63. The Morgan fingerprint density at radius 3 is 0.967 bits per heavy atom. The minimum atomic E-state index is -0.921. The van der Waals surface area contributed by atoms with Gasteiger partial charge in [-0.1, -0.05) is 27.7 Å². The van der Waals surface area contributed by atoms with Gasteiger partial charge in [0, 0.05) is 0 Å². The lowest BCUT2D eigenvalue weighted by Crippen LogP contribution is -2.42. The average molecular weight is 430 g/mol. The minimum absolute atomic E-state index is 0.437. The molecule has 2 fully saturated rings. The van der Waals surface area contributed by atoms with Gasteiger partial charge in [0.15, 0.2) is 0 Å². The largest absolute Gasteiger partial charge is 0.481 e. The van der Waals surface area contributed by atoms with Crippen LogP contribution in [0.5, 0.6) is 0 Å². The first-order chi connectivity index (χ1) is 13.5. The maximum absolute atomic E-state index is 11.1. The van der Waals surface area contributed by atoms with E-state index in [0.717, 1.165) is 0 Å². The quantitative estimate of drug-likeness (QED) is 0.524. The summed E-state index contributed by atoms with van der Waals surface area (Å²) >= 11 is 0. The Hall–Kier alpha value is -2.45. The van der Waals surface area contributed by atoms with Crippen LogP contribution in [0.4, 0.5) is 0 Å². The van der Waals surface area contributed by atoms with Gasteiger partial charge in [0.2, 0.25) is 0 Å². The molecule has 2 aliphatic rings. The number of carboxylic acid groups (broad SMARTS) is 4. The third-order valence-corrected chi connectivity index (χ3v) is 7.99. The second-order valence-electron chi connectivity index (χ2n) is 9.58. The second-order valence-corrected chi connectivity index (χ2v) is 9.58. The molecule has 0 aromatic carbocycles. The van der Waals surface area contributed by atoms with Gasteiger partial charge >= 0.3 is 23.9 Å². The summed E-state index contributed by atoms with van der Waals surface area (Å²) in [7, 11) is 0. The van der Waals surface area contributed by atoms with Crippen molar-refractivity contribution in [2.45, 2.75) is 67.2 Å². The highest BCUT2D eigenvalue weighted by Crippen LogP contribution is 2.57. The van der Waals surface area contributed by atoms with Gasteiger partial charge in [-0.3, -0.25) is 19.2 Å². The lowest BCUT2D eigenvalue weighted by Gasteiger charge is -2.36. The Kier molecular flexibility index (Phi) is 8.39. The summed E-state index contributed by atoms with van der Waals surface area (Å²) in [5, 5.41) is 36.2. The Balaban J connectivity index is 0.000000518. The van der Waals surface area contributed by atoms with Crippen LogP contribution in [-0.2, 0) is 24.0 Å². The zero-order valence-electron chi connectivity index (χ0n) is 18.5. The van der Waals surface area contributed by atoms with Crippen LogP contribution in [0.15, 0.2) is 0 Å². The van der Waals surface area contributed by atoms with E-state index >= 15 is 0 Å². The normalized spacial score (nSPS) is 33.3. The molecule has 0 radical (unpaired) electrons. The van der Waals surface area contributed by atoms with E-state index in [1.165, 1.54) is 0 Å². The van der Waals surface area contributed by atoms with Gasteiger partial charge in [0.1, 0.15) is 6.79 Å². The first-order valence-electron chi connectivity index (χ1n) is 9.68. The molecule has 0 aliphatic heterocycles. The van der Waals surface area contributed by atoms with Gasteiger partial charge in [-0.05, 0) is 50.4 Å². The third kappa shape index (κ3) is 4.34. The molecule has 4 N–H and O–H groups in total. The standard InChI is InChI=1S/2C10H16O4.CH2O/c2*1-9(2)6(7(11)12)4-5-10(9,3)8(13)14;1-2/h2*6H,4-5H2,1-3H3,(H,11,12)(H,13,14);1H2/t2*6-,10+;/m00./s1. The van der Waals surface area contributed by atoms with Gasteiger partial charge in [-0.25, -0.2) is 0 Å². The zero-order chi connectivity index (χ0) is 24.3. The van der Waals surface area contributed by atoms with Crippen molar-refractivity contribution >= 4 is 30.7 Å². The molecule has 0 heterocycles. The highest BCUT2D eigenvalue weighted by atomic mass is 16.4. The van der Waals surface area contributed by atoms with Crippen molar-refractivity contribution in [3.8, 4) is 0 Å². The van der Waals surface area contributed by atoms with Crippen LogP contribution in [0, 0.1) is 33.5 Å². The molecule has 2 saturated carbocycles. The van der Waals surface area contributed by atoms with Gasteiger partial charge < -0.3 is 25.2 Å². The highest BCUT2D eigenvalue weighted by Gasteiger charge is 2.59. The summed E-state index contributed by atoms with van der Waals surface area (Å²) in [6, 6.07) is 0. The summed E-state index contributed by atoms with van der Waals surface area (Å²) in [4.78, 5) is 52.1. The fraction of sp³-hybridized carbons (Fsp3) is 0.762. The summed E-state index contributed by atoms with van der Waals surface area (Å²) in [5.41, 5.74) is -3.22. The van der Waals surface area contributed by atoms with Crippen molar-refractivity contribution in [1.82, 2.24) is 0 Å². The van der Waals surface area contributed by atoms with Crippen molar-refractivity contribution in [2.24, 2.45) is 33.5 Å². The molecule has 0 spiro atoms. The molecule has 0 aromatic heterocycles. The van der Waals surface area contributed by atoms with Crippen LogP contribution < -0.4 is 0 Å². The molecule has 4 atom stereocenters. The molecule has 0 saturated heterocycles. The predicted octanol–water partition coefficient (Wildman–Crippen LogP) is 3.01. The molecule has 30 heavy (non-hydrogen) atoms. The van der Waals surface area contributed by atoms with Crippen molar-refractivity contribution in [2.75, 3.05) is 0 Å². The minimum Gasteiger partial charge on any atom is -0.481 e. The predicted molar refractivity (Wildman–Crippen MR) is 107 cm³/mol. The van der Waals surface area contributed by atoms with Crippen molar-refractivity contribution in [3.63, 3.8) is 0 Å². The summed E-state index contributed by atoms with van der Waals surface area (Å²) in [5.74, 6) is -4.68. The lowest BCUT2D eigenvalue weighted by atomic mass is 9.66. The van der Waals surface area contributed by atoms with Crippen molar-refractivity contribution in [3.05, 3.63) is 0 Å². The molecule has 0 unspecified atom stereocenters. The van der Waals surface area contributed by atoms with E-state index in [9.17, 15) is 19.2 Å². The van der Waals surface area contributed by atoms with Gasteiger partial charge in [-0.2, -0.15) is 0 Å². The van der Waals surface area contributed by atoms with E-state index in [1.807, 2.05) is 6.79 Å². The van der Waals surface area contributed by atoms with Crippen LogP contribution in [0.1, 0.15) is 67.2 Å². The molecule has 0 aromatic rings. The van der Waals surface area contributed by atoms with E-state index in [4.69, 9.17) is 25.2 Å². The summed E-state index contributed by atoms with van der Waals surface area (Å²) in [6.45, 7) is 12.2. The molecular formula is C21H34O9. The number of hydrogen-bond acceptors (Lipinski definition) is 5. The molecule has 0 bridgehead atoms. The molecule has 2 aliphatic carbocycles. The number of carbonyl (C=O) groups excluding carboxylic acids is 1.